The maximum atomic E-state index is 7.86. The van der Waals surface area contributed by atoms with Gasteiger partial charge in [0.1, 0.15) is 0 Å². The van der Waals surface area contributed by atoms with E-state index in [0.29, 0.717) is 0 Å². The van der Waals surface area contributed by atoms with Gasteiger partial charge >= 0.3 is 0 Å². The molecule has 0 aliphatic rings. The van der Waals surface area contributed by atoms with E-state index in [1.54, 1.807) is 0 Å². The van der Waals surface area contributed by atoms with E-state index < -0.39 is 0 Å². The van der Waals surface area contributed by atoms with Gasteiger partial charge in [-0.2, -0.15) is 0 Å². The molecule has 0 spiro atoms. The highest BCUT2D eigenvalue weighted by molar-refractivity contribution is 5.62. The first-order chi connectivity index (χ1) is 3.31. The average Bonchev–Trinajstić information content (AvgIpc) is 1.68. The molecule has 0 saturated carbocycles. The lowest BCUT2D eigenvalue weighted by molar-refractivity contribution is 0.319. The van der Waals surface area contributed by atoms with E-state index in [1.807, 2.05) is 6.92 Å². The summed E-state index contributed by atoms with van der Waals surface area (Å²) in [6.45, 7) is 1.92. The molecule has 0 saturated heterocycles. The van der Waals surface area contributed by atoms with E-state index in [-0.39, 0.29) is 6.04 Å². The fourth-order valence-corrected chi connectivity index (χ4v) is 0.191. The van der Waals surface area contributed by atoms with Crippen molar-refractivity contribution < 1.29 is 5.21 Å². The number of nitrogens with zero attached hydrogens (tertiary/aromatic N) is 1. The van der Waals surface area contributed by atoms with Gasteiger partial charge in [-0.3, -0.25) is 0 Å². The second-order valence-corrected chi connectivity index (χ2v) is 1.34. The largest absolute Gasteiger partial charge is 0.411 e. The lowest BCUT2D eigenvalue weighted by Gasteiger charge is -1.94. The molecule has 7 heavy (non-hydrogen) atoms. The molecule has 0 aromatic heterocycles. The van der Waals surface area contributed by atoms with Crippen molar-refractivity contribution in [1.82, 2.24) is 0 Å². The van der Waals surface area contributed by atoms with E-state index in [2.05, 4.69) is 5.16 Å². The van der Waals surface area contributed by atoms with Gasteiger partial charge in [-0.05, 0) is 6.42 Å². The first-order valence-corrected chi connectivity index (χ1v) is 2.24. The van der Waals surface area contributed by atoms with Crippen LogP contribution in [0.3, 0.4) is 0 Å². The normalized spacial score (nSPS) is 15.1. The average molecular weight is 102 g/mol. The lowest BCUT2D eigenvalue weighted by Crippen LogP contribution is -2.19. The monoisotopic (exact) mass is 102 g/mol. The van der Waals surface area contributed by atoms with Crippen LogP contribution in [-0.4, -0.2) is 17.5 Å². The van der Waals surface area contributed by atoms with Gasteiger partial charge in [0.2, 0.25) is 0 Å². The van der Waals surface area contributed by atoms with Crippen molar-refractivity contribution in [3.8, 4) is 0 Å². The van der Waals surface area contributed by atoms with Crippen LogP contribution in [0.25, 0.3) is 0 Å². The summed E-state index contributed by atoms with van der Waals surface area (Å²) in [6, 6.07) is -0.0926. The van der Waals surface area contributed by atoms with Gasteiger partial charge in [0.25, 0.3) is 0 Å². The van der Waals surface area contributed by atoms with Gasteiger partial charge < -0.3 is 10.9 Å². The second-order valence-electron chi connectivity index (χ2n) is 1.34. The third-order valence-corrected chi connectivity index (χ3v) is 0.730. The fraction of sp³-hybridized carbons (Fsp3) is 0.750. The number of hydrogen-bond donors (Lipinski definition) is 2. The maximum Gasteiger partial charge on any atom is 0.0603 e. The quantitative estimate of drug-likeness (QED) is 0.297. The van der Waals surface area contributed by atoms with E-state index in [0.717, 1.165) is 6.42 Å². The number of nitrogens with two attached hydrogens (primary N) is 1. The Kier molecular flexibility index (Phi) is 3.32. The van der Waals surface area contributed by atoms with Crippen LogP contribution < -0.4 is 5.73 Å². The molecule has 0 amide bonds. The molecule has 1 atom stereocenters. The van der Waals surface area contributed by atoms with Gasteiger partial charge in [-0.1, -0.05) is 6.92 Å². The highest BCUT2D eigenvalue weighted by atomic mass is 16.4. The molecule has 0 rings (SSSR count). The Bertz CT molecular complexity index is 62.7. The predicted octanol–water partition coefficient (Wildman–Crippen LogP) is 0.184. The Hall–Kier alpha value is -0.570. The second kappa shape index (κ2) is 3.61. The van der Waals surface area contributed by atoms with Crippen molar-refractivity contribution in [1.29, 1.82) is 0 Å². The lowest BCUT2D eigenvalue weighted by atomic mass is 10.3. The molecule has 0 heterocycles. The van der Waals surface area contributed by atoms with E-state index in [1.165, 1.54) is 6.21 Å². The van der Waals surface area contributed by atoms with Gasteiger partial charge in [0.15, 0.2) is 0 Å². The van der Waals surface area contributed by atoms with Crippen molar-refractivity contribution in [2.45, 2.75) is 19.4 Å². The zero-order chi connectivity index (χ0) is 5.70. The highest BCUT2D eigenvalue weighted by Gasteiger charge is 1.88. The number of oxime groups is 1. The molecular weight excluding hydrogens is 92.1 g/mol. The molecule has 0 fully saturated rings. The summed E-state index contributed by atoms with van der Waals surface area (Å²) in [7, 11) is 0. The molecule has 3 nitrogen and oxygen atoms in total. The molecule has 3 heteroatoms. The first kappa shape index (κ1) is 6.43. The van der Waals surface area contributed by atoms with Crippen LogP contribution in [0.4, 0.5) is 0 Å². The molecule has 0 aliphatic heterocycles. The predicted molar refractivity (Wildman–Crippen MR) is 28.5 cm³/mol. The minimum atomic E-state index is -0.0926. The Morgan fingerprint density at radius 1 is 2.00 bits per heavy atom. The minimum Gasteiger partial charge on any atom is -0.411 e. The summed E-state index contributed by atoms with van der Waals surface area (Å²) in [5.41, 5.74) is 5.27. The molecular formula is C4H10N2O. The van der Waals surface area contributed by atoms with Crippen LogP contribution in [0, 0.1) is 0 Å². The molecule has 0 aliphatic carbocycles. The van der Waals surface area contributed by atoms with E-state index in [9.17, 15) is 0 Å². The Balaban J connectivity index is 3.16. The van der Waals surface area contributed by atoms with Gasteiger partial charge in [-0.15, -0.1) is 5.16 Å². The highest BCUT2D eigenvalue weighted by Crippen LogP contribution is 1.77. The minimum absolute atomic E-state index is 0.0926. The Morgan fingerprint density at radius 2 is 2.57 bits per heavy atom. The topological polar surface area (TPSA) is 58.6 Å². The van der Waals surface area contributed by atoms with Crippen LogP contribution in [0.15, 0.2) is 5.16 Å². The summed E-state index contributed by atoms with van der Waals surface area (Å²) in [4.78, 5) is 0. The number of hydrogen-bond acceptors (Lipinski definition) is 3. The standard InChI is InChI=1S/C4H10N2O/c1-2-4(5)3-6-7/h3-4,7H,2,5H2,1H3/b6-3+. The Morgan fingerprint density at radius 3 is 2.71 bits per heavy atom. The van der Waals surface area contributed by atoms with E-state index in [4.69, 9.17) is 10.9 Å². The van der Waals surface area contributed by atoms with Crippen molar-refractivity contribution in [3.05, 3.63) is 0 Å². The van der Waals surface area contributed by atoms with Crippen LogP contribution in [0.2, 0.25) is 0 Å². The van der Waals surface area contributed by atoms with Gasteiger partial charge in [-0.25, -0.2) is 0 Å². The zero-order valence-electron chi connectivity index (χ0n) is 4.33. The summed E-state index contributed by atoms with van der Waals surface area (Å²) < 4.78 is 0. The summed E-state index contributed by atoms with van der Waals surface area (Å²) in [5, 5.41) is 10.6. The third-order valence-electron chi connectivity index (χ3n) is 0.730. The molecule has 1 unspecified atom stereocenters. The van der Waals surface area contributed by atoms with Crippen LogP contribution >= 0.6 is 0 Å². The van der Waals surface area contributed by atoms with E-state index >= 15 is 0 Å². The molecule has 0 aromatic carbocycles. The van der Waals surface area contributed by atoms with Gasteiger partial charge in [0, 0.05) is 6.04 Å². The molecule has 0 radical (unpaired) electrons. The molecule has 0 aromatic rings. The first-order valence-electron chi connectivity index (χ1n) is 2.24. The van der Waals surface area contributed by atoms with Crippen molar-refractivity contribution in [2.75, 3.05) is 0 Å². The molecule has 42 valence electrons. The van der Waals surface area contributed by atoms with Crippen molar-refractivity contribution >= 4 is 6.21 Å². The van der Waals surface area contributed by atoms with Crippen LogP contribution in [-0.2, 0) is 0 Å². The molecule has 3 N–H and O–H groups in total. The summed E-state index contributed by atoms with van der Waals surface area (Å²) in [6.07, 6.45) is 2.12. The third kappa shape index (κ3) is 3.26. The maximum absolute atomic E-state index is 7.86. The van der Waals surface area contributed by atoms with Crippen LogP contribution in [0.1, 0.15) is 13.3 Å². The summed E-state index contributed by atoms with van der Waals surface area (Å²) in [5.74, 6) is 0. The smallest absolute Gasteiger partial charge is 0.0603 e. The van der Waals surface area contributed by atoms with Crippen molar-refractivity contribution in [3.63, 3.8) is 0 Å². The van der Waals surface area contributed by atoms with Crippen LogP contribution in [0.5, 0.6) is 0 Å². The summed E-state index contributed by atoms with van der Waals surface area (Å²) >= 11 is 0. The fourth-order valence-electron chi connectivity index (χ4n) is 0.191. The molecule has 0 bridgehead atoms. The number of rotatable bonds is 2. The zero-order valence-corrected chi connectivity index (χ0v) is 4.33. The van der Waals surface area contributed by atoms with Gasteiger partial charge in [0.05, 0.1) is 6.21 Å². The SMILES string of the molecule is CCC(N)/C=N/O. The Labute approximate surface area is 42.8 Å². The van der Waals surface area contributed by atoms with Crippen molar-refractivity contribution in [2.24, 2.45) is 10.9 Å².